The van der Waals surface area contributed by atoms with Gasteiger partial charge in [-0.25, -0.2) is 4.98 Å². The number of imidazole rings is 1. The van der Waals surface area contributed by atoms with Crippen molar-refractivity contribution in [1.29, 1.82) is 0 Å². The van der Waals surface area contributed by atoms with Gasteiger partial charge in [-0.1, -0.05) is 32.9 Å². The van der Waals surface area contributed by atoms with Gasteiger partial charge in [-0.15, -0.1) is 15.3 Å². The summed E-state index contributed by atoms with van der Waals surface area (Å²) in [5.74, 6) is 2.10. The summed E-state index contributed by atoms with van der Waals surface area (Å²) in [7, 11) is 0. The molecule has 26 heavy (non-hydrogen) atoms. The molecule has 5 rings (SSSR count). The van der Waals surface area contributed by atoms with Crippen LogP contribution in [0.15, 0.2) is 42.7 Å². The number of aromatic nitrogens is 6. The van der Waals surface area contributed by atoms with Crippen molar-refractivity contribution in [3.63, 3.8) is 0 Å². The van der Waals surface area contributed by atoms with E-state index < -0.39 is 0 Å². The smallest absolute Gasteiger partial charge is 0.177 e. The molecule has 1 fully saturated rings. The Balaban J connectivity index is 1.48. The number of benzene rings is 1. The zero-order chi connectivity index (χ0) is 17.9. The van der Waals surface area contributed by atoms with E-state index in [0.29, 0.717) is 6.04 Å². The lowest BCUT2D eigenvalue weighted by Gasteiger charge is -2.42. The highest BCUT2D eigenvalue weighted by Gasteiger charge is 2.34. The fourth-order valence-electron chi connectivity index (χ4n) is 3.64. The van der Waals surface area contributed by atoms with Gasteiger partial charge in [0.25, 0.3) is 0 Å². The molecule has 7 heteroatoms. The van der Waals surface area contributed by atoms with Gasteiger partial charge >= 0.3 is 0 Å². The molecule has 1 saturated heterocycles. The van der Waals surface area contributed by atoms with Gasteiger partial charge in [0.1, 0.15) is 18.0 Å². The van der Waals surface area contributed by atoms with Gasteiger partial charge in [0, 0.05) is 18.5 Å². The standard InChI is InChI=1S/C19H21N7/c1-19(2,3)18-21-14-6-4-5-7-15(14)26(18)13-10-24(11-13)17-9-8-16-22-20-12-25(16)23-17/h4-9,12-13H,10-11H2,1-3H3. The number of anilines is 1. The molecule has 1 aliphatic heterocycles. The van der Waals surface area contributed by atoms with Gasteiger partial charge in [0.15, 0.2) is 5.65 Å². The predicted molar refractivity (Wildman–Crippen MR) is 100 cm³/mol. The van der Waals surface area contributed by atoms with Gasteiger partial charge in [-0.05, 0) is 24.3 Å². The molecule has 0 saturated carbocycles. The monoisotopic (exact) mass is 347 g/mol. The maximum absolute atomic E-state index is 4.93. The molecule has 0 radical (unpaired) electrons. The van der Waals surface area contributed by atoms with E-state index in [1.807, 2.05) is 12.1 Å². The van der Waals surface area contributed by atoms with E-state index in [0.717, 1.165) is 35.9 Å². The topological polar surface area (TPSA) is 64.1 Å². The first kappa shape index (κ1) is 15.3. The summed E-state index contributed by atoms with van der Waals surface area (Å²) in [6, 6.07) is 12.8. The largest absolute Gasteiger partial charge is 0.351 e. The van der Waals surface area contributed by atoms with E-state index >= 15 is 0 Å². The van der Waals surface area contributed by atoms with Crippen molar-refractivity contribution in [2.24, 2.45) is 0 Å². The summed E-state index contributed by atoms with van der Waals surface area (Å²) in [6.45, 7) is 8.52. The molecule has 0 atom stereocenters. The van der Waals surface area contributed by atoms with E-state index in [-0.39, 0.29) is 5.41 Å². The Morgan fingerprint density at radius 1 is 1.04 bits per heavy atom. The van der Waals surface area contributed by atoms with E-state index in [9.17, 15) is 0 Å². The van der Waals surface area contributed by atoms with Crippen molar-refractivity contribution in [1.82, 2.24) is 29.4 Å². The molecule has 132 valence electrons. The Hall–Kier alpha value is -2.96. The number of hydrogen-bond acceptors (Lipinski definition) is 5. The van der Waals surface area contributed by atoms with Crippen molar-refractivity contribution in [2.45, 2.75) is 32.2 Å². The van der Waals surface area contributed by atoms with Crippen molar-refractivity contribution < 1.29 is 0 Å². The number of rotatable bonds is 2. The van der Waals surface area contributed by atoms with Crippen molar-refractivity contribution >= 4 is 22.5 Å². The minimum atomic E-state index is -0.000913. The lowest BCUT2D eigenvalue weighted by Crippen LogP contribution is -2.49. The Morgan fingerprint density at radius 2 is 1.85 bits per heavy atom. The number of fused-ring (bicyclic) bond motifs is 2. The van der Waals surface area contributed by atoms with Gasteiger partial charge in [-0.2, -0.15) is 4.52 Å². The summed E-state index contributed by atoms with van der Waals surface area (Å²) >= 11 is 0. The molecule has 1 aromatic carbocycles. The summed E-state index contributed by atoms with van der Waals surface area (Å²) in [4.78, 5) is 7.21. The fourth-order valence-corrected chi connectivity index (χ4v) is 3.64. The molecule has 4 aromatic rings. The summed E-state index contributed by atoms with van der Waals surface area (Å²) in [6.07, 6.45) is 1.64. The van der Waals surface area contributed by atoms with Crippen LogP contribution >= 0.6 is 0 Å². The first-order valence-electron chi connectivity index (χ1n) is 8.90. The molecule has 0 unspecified atom stereocenters. The van der Waals surface area contributed by atoms with Crippen LogP contribution < -0.4 is 4.90 Å². The summed E-state index contributed by atoms with van der Waals surface area (Å²) < 4.78 is 4.14. The Bertz CT molecular complexity index is 1100. The van der Waals surface area contributed by atoms with Crippen LogP contribution in [0.2, 0.25) is 0 Å². The lowest BCUT2D eigenvalue weighted by molar-refractivity contribution is 0.370. The molecular formula is C19H21N7. The first-order valence-corrected chi connectivity index (χ1v) is 8.90. The average molecular weight is 347 g/mol. The molecule has 0 spiro atoms. The second-order valence-electron chi connectivity index (χ2n) is 7.93. The molecule has 0 aliphatic carbocycles. The Kier molecular flexibility index (Phi) is 3.10. The predicted octanol–water partition coefficient (Wildman–Crippen LogP) is 2.83. The van der Waals surface area contributed by atoms with Crippen molar-refractivity contribution in [3.05, 3.63) is 48.5 Å². The summed E-state index contributed by atoms with van der Waals surface area (Å²) in [5.41, 5.74) is 3.05. The van der Waals surface area contributed by atoms with Crippen LogP contribution in [0.3, 0.4) is 0 Å². The molecule has 3 aromatic heterocycles. The second-order valence-corrected chi connectivity index (χ2v) is 7.93. The van der Waals surface area contributed by atoms with E-state index in [1.165, 1.54) is 5.52 Å². The average Bonchev–Trinajstić information content (AvgIpc) is 3.17. The Morgan fingerprint density at radius 3 is 2.65 bits per heavy atom. The van der Waals surface area contributed by atoms with Crippen LogP contribution in [0, 0.1) is 0 Å². The van der Waals surface area contributed by atoms with E-state index in [2.05, 4.69) is 69.8 Å². The second kappa shape index (κ2) is 5.27. The molecule has 1 aliphatic rings. The zero-order valence-corrected chi connectivity index (χ0v) is 15.2. The molecule has 7 nitrogen and oxygen atoms in total. The third-order valence-corrected chi connectivity index (χ3v) is 4.97. The van der Waals surface area contributed by atoms with Gasteiger partial charge in [0.2, 0.25) is 0 Å². The zero-order valence-electron chi connectivity index (χ0n) is 15.2. The third-order valence-electron chi connectivity index (χ3n) is 4.97. The van der Waals surface area contributed by atoms with Crippen LogP contribution in [-0.2, 0) is 5.41 Å². The number of hydrogen-bond donors (Lipinski definition) is 0. The Labute approximate surface area is 151 Å². The van der Waals surface area contributed by atoms with Crippen LogP contribution in [0.25, 0.3) is 16.7 Å². The minimum absolute atomic E-state index is 0.000913. The quantitative estimate of drug-likeness (QED) is 0.558. The summed E-state index contributed by atoms with van der Waals surface area (Å²) in [5, 5.41) is 12.5. The van der Waals surface area contributed by atoms with E-state index in [4.69, 9.17) is 4.98 Å². The van der Waals surface area contributed by atoms with Crippen molar-refractivity contribution in [2.75, 3.05) is 18.0 Å². The SMILES string of the molecule is CC(C)(C)c1nc2ccccc2n1C1CN(c2ccc3nncn3n2)C1. The van der Waals surface area contributed by atoms with Gasteiger partial charge in [-0.3, -0.25) is 0 Å². The lowest BCUT2D eigenvalue weighted by atomic mass is 9.94. The fraction of sp³-hybridized carbons (Fsp3) is 0.368. The molecule has 0 bridgehead atoms. The third kappa shape index (κ3) is 2.27. The normalized spacial score (nSPS) is 15.7. The van der Waals surface area contributed by atoms with Crippen LogP contribution in [-0.4, -0.2) is 42.5 Å². The highest BCUT2D eigenvalue weighted by molar-refractivity contribution is 5.76. The highest BCUT2D eigenvalue weighted by Crippen LogP contribution is 2.34. The molecule has 0 amide bonds. The van der Waals surface area contributed by atoms with Crippen LogP contribution in [0.4, 0.5) is 5.82 Å². The molecule has 4 heterocycles. The van der Waals surface area contributed by atoms with Crippen LogP contribution in [0.5, 0.6) is 0 Å². The van der Waals surface area contributed by atoms with Crippen molar-refractivity contribution in [3.8, 4) is 0 Å². The maximum atomic E-state index is 4.93. The molecule has 0 N–H and O–H groups in total. The first-order chi connectivity index (χ1) is 12.5. The number of para-hydroxylation sites is 2. The van der Waals surface area contributed by atoms with Gasteiger partial charge < -0.3 is 9.47 Å². The maximum Gasteiger partial charge on any atom is 0.177 e. The van der Waals surface area contributed by atoms with Gasteiger partial charge in [0.05, 0.1) is 17.1 Å². The number of nitrogens with zero attached hydrogens (tertiary/aromatic N) is 7. The highest BCUT2D eigenvalue weighted by atomic mass is 15.4. The van der Waals surface area contributed by atoms with Crippen LogP contribution in [0.1, 0.15) is 32.6 Å². The van der Waals surface area contributed by atoms with E-state index in [1.54, 1.807) is 10.8 Å². The minimum Gasteiger partial charge on any atom is -0.351 e. The molecular weight excluding hydrogens is 326 g/mol.